The Morgan fingerprint density at radius 1 is 1.33 bits per heavy atom. The second-order valence-corrected chi connectivity index (χ2v) is 4.23. The van der Waals surface area contributed by atoms with Crippen LogP contribution in [0.15, 0.2) is 18.2 Å². The molecule has 0 aliphatic heterocycles. The van der Waals surface area contributed by atoms with E-state index in [0.29, 0.717) is 12.5 Å². The van der Waals surface area contributed by atoms with Gasteiger partial charge >= 0.3 is 0 Å². The maximum Gasteiger partial charge on any atom is 0.122 e. The lowest BCUT2D eigenvalue weighted by Gasteiger charge is -2.17. The first-order valence-corrected chi connectivity index (χ1v) is 5.55. The van der Waals surface area contributed by atoms with E-state index in [1.54, 1.807) is 0 Å². The summed E-state index contributed by atoms with van der Waals surface area (Å²) in [6.45, 7) is 9.03. The van der Waals surface area contributed by atoms with Crippen LogP contribution in [0.1, 0.15) is 37.9 Å². The fourth-order valence-electron chi connectivity index (χ4n) is 1.58. The van der Waals surface area contributed by atoms with E-state index in [2.05, 4.69) is 32.9 Å². The summed E-state index contributed by atoms with van der Waals surface area (Å²) in [5.74, 6) is 1.42. The van der Waals surface area contributed by atoms with Gasteiger partial charge in [0.25, 0.3) is 0 Å². The highest BCUT2D eigenvalue weighted by Crippen LogP contribution is 2.25. The predicted molar refractivity (Wildman–Crippen MR) is 64.1 cm³/mol. The number of aryl methyl sites for hydroxylation is 1. The summed E-state index contributed by atoms with van der Waals surface area (Å²) >= 11 is 0. The molecule has 0 aliphatic carbocycles. The second kappa shape index (κ2) is 5.17. The Kier molecular flexibility index (Phi) is 4.15. The molecule has 0 saturated heterocycles. The van der Waals surface area contributed by atoms with Crippen molar-refractivity contribution in [2.75, 3.05) is 6.61 Å². The third-order valence-electron chi connectivity index (χ3n) is 2.60. The van der Waals surface area contributed by atoms with Gasteiger partial charge in [-0.25, -0.2) is 0 Å². The normalized spacial score (nSPS) is 12.9. The highest BCUT2D eigenvalue weighted by atomic mass is 16.5. The van der Waals surface area contributed by atoms with Crippen LogP contribution >= 0.6 is 0 Å². The number of nitrogens with two attached hydrogens (primary N) is 1. The predicted octanol–water partition coefficient (Wildman–Crippen LogP) is 3.05. The Bertz CT molecular complexity index is 320. The third kappa shape index (κ3) is 2.96. The maximum atomic E-state index is 6.09. The van der Waals surface area contributed by atoms with Crippen molar-refractivity contribution in [3.8, 4) is 5.75 Å². The van der Waals surface area contributed by atoms with Gasteiger partial charge in [0.1, 0.15) is 5.75 Å². The fourth-order valence-corrected chi connectivity index (χ4v) is 1.58. The van der Waals surface area contributed by atoms with E-state index in [1.165, 1.54) is 5.56 Å². The average molecular weight is 207 g/mol. The number of hydrogen-bond acceptors (Lipinski definition) is 2. The molecule has 0 aromatic heterocycles. The van der Waals surface area contributed by atoms with Crippen molar-refractivity contribution in [1.29, 1.82) is 0 Å². The Balaban J connectivity index is 2.90. The van der Waals surface area contributed by atoms with E-state index in [-0.39, 0.29) is 6.04 Å². The van der Waals surface area contributed by atoms with Crippen LogP contribution in [0.2, 0.25) is 0 Å². The second-order valence-electron chi connectivity index (χ2n) is 4.23. The Morgan fingerprint density at radius 2 is 2.00 bits per heavy atom. The number of ether oxygens (including phenoxy) is 1. The molecule has 1 aromatic rings. The highest BCUT2D eigenvalue weighted by Gasteiger charge is 2.11. The molecule has 84 valence electrons. The van der Waals surface area contributed by atoms with Crippen molar-refractivity contribution in [1.82, 2.24) is 0 Å². The van der Waals surface area contributed by atoms with Crippen molar-refractivity contribution in [3.63, 3.8) is 0 Å². The van der Waals surface area contributed by atoms with Gasteiger partial charge in [0.15, 0.2) is 0 Å². The van der Waals surface area contributed by atoms with Crippen LogP contribution in [0.25, 0.3) is 0 Å². The molecule has 1 rings (SSSR count). The van der Waals surface area contributed by atoms with Gasteiger partial charge in [-0.05, 0) is 37.0 Å². The molecule has 15 heavy (non-hydrogen) atoms. The zero-order chi connectivity index (χ0) is 11.4. The van der Waals surface area contributed by atoms with E-state index in [4.69, 9.17) is 10.5 Å². The van der Waals surface area contributed by atoms with Crippen LogP contribution in [0.4, 0.5) is 0 Å². The number of rotatable bonds is 4. The Hall–Kier alpha value is -1.02. The van der Waals surface area contributed by atoms with Gasteiger partial charge < -0.3 is 10.5 Å². The minimum absolute atomic E-state index is 0.111. The van der Waals surface area contributed by atoms with Crippen LogP contribution < -0.4 is 10.5 Å². The van der Waals surface area contributed by atoms with E-state index >= 15 is 0 Å². The lowest BCUT2D eigenvalue weighted by Crippen LogP contribution is -2.16. The van der Waals surface area contributed by atoms with Crippen LogP contribution in [0.5, 0.6) is 5.75 Å². The first kappa shape index (κ1) is 12.1. The van der Waals surface area contributed by atoms with Crippen molar-refractivity contribution >= 4 is 0 Å². The van der Waals surface area contributed by atoms with Gasteiger partial charge in [-0.15, -0.1) is 0 Å². The van der Waals surface area contributed by atoms with Gasteiger partial charge in [-0.1, -0.05) is 26.0 Å². The first-order valence-electron chi connectivity index (χ1n) is 5.55. The Labute approximate surface area is 92.4 Å². The van der Waals surface area contributed by atoms with Crippen LogP contribution in [0, 0.1) is 12.8 Å². The van der Waals surface area contributed by atoms with Crippen molar-refractivity contribution in [2.45, 2.75) is 33.7 Å². The average Bonchev–Trinajstić information content (AvgIpc) is 2.20. The molecule has 1 atom stereocenters. The minimum Gasteiger partial charge on any atom is -0.494 e. The summed E-state index contributed by atoms with van der Waals surface area (Å²) in [4.78, 5) is 0. The topological polar surface area (TPSA) is 35.2 Å². The van der Waals surface area contributed by atoms with Gasteiger partial charge in [0, 0.05) is 6.04 Å². The Morgan fingerprint density at radius 3 is 2.47 bits per heavy atom. The first-order chi connectivity index (χ1) is 7.06. The summed E-state index contributed by atoms with van der Waals surface area (Å²) in [6, 6.07) is 6.30. The number of hydrogen-bond donors (Lipinski definition) is 1. The van der Waals surface area contributed by atoms with Gasteiger partial charge in [-0.3, -0.25) is 0 Å². The molecule has 0 aliphatic rings. The highest BCUT2D eigenvalue weighted by molar-refractivity contribution is 5.37. The van der Waals surface area contributed by atoms with Crippen LogP contribution in [0.3, 0.4) is 0 Å². The zero-order valence-corrected chi connectivity index (χ0v) is 10.1. The molecule has 0 bridgehead atoms. The molecule has 0 amide bonds. The van der Waals surface area contributed by atoms with E-state index in [9.17, 15) is 0 Å². The quantitative estimate of drug-likeness (QED) is 0.823. The molecule has 0 heterocycles. The summed E-state index contributed by atoms with van der Waals surface area (Å²) < 4.78 is 5.49. The molecule has 1 aromatic carbocycles. The lowest BCUT2D eigenvalue weighted by molar-refractivity contribution is 0.337. The SMILES string of the molecule is CCOc1ccc([C@@H](N)C(C)C)cc1C. The van der Waals surface area contributed by atoms with Crippen molar-refractivity contribution < 1.29 is 4.74 Å². The molecule has 0 fully saturated rings. The van der Waals surface area contributed by atoms with Crippen molar-refractivity contribution in [2.24, 2.45) is 11.7 Å². The summed E-state index contributed by atoms with van der Waals surface area (Å²) in [5.41, 5.74) is 8.43. The molecule has 2 N–H and O–H groups in total. The fraction of sp³-hybridized carbons (Fsp3) is 0.538. The molecule has 0 saturated carbocycles. The molecule has 0 radical (unpaired) electrons. The monoisotopic (exact) mass is 207 g/mol. The van der Waals surface area contributed by atoms with Gasteiger partial charge in [-0.2, -0.15) is 0 Å². The molecular formula is C13H21NO. The maximum absolute atomic E-state index is 6.09. The third-order valence-corrected chi connectivity index (χ3v) is 2.60. The molecule has 2 nitrogen and oxygen atoms in total. The summed E-state index contributed by atoms with van der Waals surface area (Å²) in [5, 5.41) is 0. The molecule has 0 unspecified atom stereocenters. The van der Waals surface area contributed by atoms with Gasteiger partial charge in [0.2, 0.25) is 0 Å². The molecule has 2 heteroatoms. The largest absolute Gasteiger partial charge is 0.494 e. The zero-order valence-electron chi connectivity index (χ0n) is 10.1. The lowest BCUT2D eigenvalue weighted by atomic mass is 9.96. The summed E-state index contributed by atoms with van der Waals surface area (Å²) in [7, 11) is 0. The minimum atomic E-state index is 0.111. The van der Waals surface area contributed by atoms with Crippen LogP contribution in [-0.2, 0) is 0 Å². The van der Waals surface area contributed by atoms with E-state index < -0.39 is 0 Å². The van der Waals surface area contributed by atoms with Crippen molar-refractivity contribution in [3.05, 3.63) is 29.3 Å². The molecule has 0 spiro atoms. The smallest absolute Gasteiger partial charge is 0.122 e. The van der Waals surface area contributed by atoms with Crippen LogP contribution in [-0.4, -0.2) is 6.61 Å². The van der Waals surface area contributed by atoms with Gasteiger partial charge in [0.05, 0.1) is 6.61 Å². The standard InChI is InChI=1S/C13H21NO/c1-5-15-12-7-6-11(8-10(12)4)13(14)9(2)3/h6-9,13H,5,14H2,1-4H3/t13-/m0/s1. The van der Waals surface area contributed by atoms with E-state index in [1.807, 2.05) is 13.0 Å². The summed E-state index contributed by atoms with van der Waals surface area (Å²) in [6.07, 6.45) is 0. The van der Waals surface area contributed by atoms with E-state index in [0.717, 1.165) is 11.3 Å². The molecular weight excluding hydrogens is 186 g/mol. The number of benzene rings is 1.